The van der Waals surface area contributed by atoms with E-state index in [0.717, 1.165) is 9.87 Å². The van der Waals surface area contributed by atoms with Crippen LogP contribution < -0.4 is 9.62 Å². The van der Waals surface area contributed by atoms with Crippen molar-refractivity contribution in [2.24, 2.45) is 0 Å². The summed E-state index contributed by atoms with van der Waals surface area (Å²) < 4.78 is 29.0. The molecular weight excluding hydrogens is 593 g/mol. The van der Waals surface area contributed by atoms with Crippen molar-refractivity contribution in [3.63, 3.8) is 0 Å². The predicted molar refractivity (Wildman–Crippen MR) is 162 cm³/mol. The standard InChI is InChI=1S/C29H32Cl3N3O4S/c1-18(2)33-29(37)21(5)34(16-22-9-11-23(30)14-26(22)32)28(36)17-35(27-15-24(31)10-8-20(27)4)40(38,39)25-12-6-19(3)7-13-25/h6-15,18,21H,16-17H2,1-5H3,(H,33,37)/t21-/m0/s1. The summed E-state index contributed by atoms with van der Waals surface area (Å²) in [5, 5.41) is 3.86. The molecule has 3 aromatic rings. The summed E-state index contributed by atoms with van der Waals surface area (Å²) in [6.07, 6.45) is 0. The number of halogens is 3. The zero-order valence-electron chi connectivity index (χ0n) is 22.9. The van der Waals surface area contributed by atoms with Crippen molar-refractivity contribution in [2.45, 2.75) is 58.1 Å². The lowest BCUT2D eigenvalue weighted by molar-refractivity contribution is -0.139. The molecule has 3 aromatic carbocycles. The van der Waals surface area contributed by atoms with E-state index in [9.17, 15) is 18.0 Å². The number of aryl methyl sites for hydroxylation is 2. The van der Waals surface area contributed by atoms with Crippen molar-refractivity contribution >= 4 is 62.3 Å². The number of carbonyl (C=O) groups excluding carboxylic acids is 2. The van der Waals surface area contributed by atoms with Crippen LogP contribution in [0.1, 0.15) is 37.5 Å². The molecule has 0 saturated heterocycles. The Morgan fingerprint density at radius 1 is 0.875 bits per heavy atom. The third-order valence-electron chi connectivity index (χ3n) is 6.28. The Balaban J connectivity index is 2.10. The molecule has 0 aromatic heterocycles. The number of anilines is 1. The molecule has 1 N–H and O–H groups in total. The van der Waals surface area contributed by atoms with E-state index in [-0.39, 0.29) is 29.1 Å². The minimum absolute atomic E-state index is 0.0168. The van der Waals surface area contributed by atoms with Crippen LogP contribution >= 0.6 is 34.8 Å². The number of rotatable bonds is 10. The number of hydrogen-bond acceptors (Lipinski definition) is 4. The number of carbonyl (C=O) groups is 2. The first-order valence-corrected chi connectivity index (χ1v) is 15.2. The van der Waals surface area contributed by atoms with Gasteiger partial charge in [0.05, 0.1) is 10.6 Å². The van der Waals surface area contributed by atoms with Gasteiger partial charge in [-0.25, -0.2) is 8.42 Å². The number of nitrogens with zero attached hydrogens (tertiary/aromatic N) is 2. The van der Waals surface area contributed by atoms with E-state index in [0.29, 0.717) is 26.2 Å². The summed E-state index contributed by atoms with van der Waals surface area (Å²) in [6.45, 7) is 8.16. The Bertz CT molecular complexity index is 1490. The Labute approximate surface area is 251 Å². The minimum Gasteiger partial charge on any atom is -0.352 e. The van der Waals surface area contributed by atoms with E-state index >= 15 is 0 Å². The second-order valence-electron chi connectivity index (χ2n) is 9.85. The molecule has 7 nitrogen and oxygen atoms in total. The first kappa shape index (κ1) is 31.7. The molecule has 214 valence electrons. The highest BCUT2D eigenvalue weighted by atomic mass is 35.5. The summed E-state index contributed by atoms with van der Waals surface area (Å²) in [7, 11) is -4.21. The number of nitrogens with one attached hydrogen (secondary N) is 1. The second-order valence-corrected chi connectivity index (χ2v) is 13.0. The van der Waals surface area contributed by atoms with Crippen LogP contribution in [-0.2, 0) is 26.2 Å². The fourth-order valence-corrected chi connectivity index (χ4v) is 6.13. The molecular formula is C29H32Cl3N3O4S. The van der Waals surface area contributed by atoms with Gasteiger partial charge in [-0.05, 0) is 82.1 Å². The Morgan fingerprint density at radius 3 is 2.08 bits per heavy atom. The lowest BCUT2D eigenvalue weighted by Gasteiger charge is -2.33. The smallest absolute Gasteiger partial charge is 0.264 e. The largest absolute Gasteiger partial charge is 0.352 e. The van der Waals surface area contributed by atoms with Gasteiger partial charge in [-0.15, -0.1) is 0 Å². The van der Waals surface area contributed by atoms with Gasteiger partial charge in [-0.1, -0.05) is 64.6 Å². The molecule has 0 saturated carbocycles. The third-order valence-corrected chi connectivity index (χ3v) is 8.88. The van der Waals surface area contributed by atoms with Gasteiger partial charge in [-0.2, -0.15) is 0 Å². The summed E-state index contributed by atoms with van der Waals surface area (Å²) >= 11 is 18.7. The summed E-state index contributed by atoms with van der Waals surface area (Å²) in [5.41, 5.74) is 2.29. The molecule has 1 atom stereocenters. The molecule has 0 aliphatic heterocycles. The lowest BCUT2D eigenvalue weighted by atomic mass is 10.1. The van der Waals surface area contributed by atoms with Gasteiger partial charge >= 0.3 is 0 Å². The van der Waals surface area contributed by atoms with E-state index in [1.54, 1.807) is 56.3 Å². The van der Waals surface area contributed by atoms with Gasteiger partial charge in [0.15, 0.2) is 0 Å². The maximum atomic E-state index is 14.0. The van der Waals surface area contributed by atoms with Crippen molar-refractivity contribution in [1.82, 2.24) is 10.2 Å². The van der Waals surface area contributed by atoms with E-state index in [4.69, 9.17) is 34.8 Å². The van der Waals surface area contributed by atoms with Crippen molar-refractivity contribution < 1.29 is 18.0 Å². The monoisotopic (exact) mass is 623 g/mol. The summed E-state index contributed by atoms with van der Waals surface area (Å²) in [6, 6.07) is 14.9. The van der Waals surface area contributed by atoms with E-state index in [1.807, 2.05) is 20.8 Å². The Morgan fingerprint density at radius 2 is 1.48 bits per heavy atom. The first-order chi connectivity index (χ1) is 18.7. The van der Waals surface area contributed by atoms with Crippen LogP contribution in [0, 0.1) is 13.8 Å². The van der Waals surface area contributed by atoms with Gasteiger partial charge in [0.25, 0.3) is 10.0 Å². The van der Waals surface area contributed by atoms with Crippen LogP contribution in [0.3, 0.4) is 0 Å². The van der Waals surface area contributed by atoms with Crippen LogP contribution in [0.25, 0.3) is 0 Å². The van der Waals surface area contributed by atoms with Gasteiger partial charge in [0.2, 0.25) is 11.8 Å². The fourth-order valence-electron chi connectivity index (χ4n) is 4.02. The SMILES string of the molecule is Cc1ccc(S(=O)(=O)N(CC(=O)N(Cc2ccc(Cl)cc2Cl)[C@@H](C)C(=O)NC(C)C)c2cc(Cl)ccc2C)cc1. The van der Waals surface area contributed by atoms with Crippen molar-refractivity contribution in [3.8, 4) is 0 Å². The normalized spacial score (nSPS) is 12.2. The zero-order valence-corrected chi connectivity index (χ0v) is 26.0. The average molecular weight is 625 g/mol. The van der Waals surface area contributed by atoms with E-state index < -0.39 is 28.5 Å². The van der Waals surface area contributed by atoms with Gasteiger partial charge < -0.3 is 10.2 Å². The number of amides is 2. The van der Waals surface area contributed by atoms with Crippen molar-refractivity contribution in [3.05, 3.63) is 92.4 Å². The molecule has 0 bridgehead atoms. The molecule has 40 heavy (non-hydrogen) atoms. The summed E-state index contributed by atoms with van der Waals surface area (Å²) in [4.78, 5) is 28.4. The zero-order chi connectivity index (χ0) is 29.8. The van der Waals surface area contributed by atoms with Crippen molar-refractivity contribution in [2.75, 3.05) is 10.8 Å². The molecule has 0 spiro atoms. The van der Waals surface area contributed by atoms with E-state index in [1.165, 1.54) is 23.1 Å². The maximum Gasteiger partial charge on any atom is 0.264 e. The van der Waals surface area contributed by atoms with Crippen LogP contribution in [0.2, 0.25) is 15.1 Å². The molecule has 0 fully saturated rings. The average Bonchev–Trinajstić information content (AvgIpc) is 2.87. The molecule has 0 heterocycles. The summed E-state index contributed by atoms with van der Waals surface area (Å²) in [5.74, 6) is -0.993. The Kier molecular flexibility index (Phi) is 10.5. The maximum absolute atomic E-state index is 14.0. The highest BCUT2D eigenvalue weighted by Gasteiger charge is 2.33. The van der Waals surface area contributed by atoms with Crippen LogP contribution in [0.4, 0.5) is 5.69 Å². The minimum atomic E-state index is -4.21. The van der Waals surface area contributed by atoms with Crippen LogP contribution in [0.15, 0.2) is 65.6 Å². The Hall–Kier alpha value is -2.78. The lowest BCUT2D eigenvalue weighted by Crippen LogP contribution is -2.52. The number of benzene rings is 3. The quantitative estimate of drug-likeness (QED) is 0.283. The molecule has 0 aliphatic carbocycles. The van der Waals surface area contributed by atoms with Crippen LogP contribution in [0.5, 0.6) is 0 Å². The first-order valence-electron chi connectivity index (χ1n) is 12.6. The predicted octanol–water partition coefficient (Wildman–Crippen LogP) is 6.40. The highest BCUT2D eigenvalue weighted by molar-refractivity contribution is 7.92. The topological polar surface area (TPSA) is 86.8 Å². The second kappa shape index (κ2) is 13.3. The molecule has 0 aliphatic rings. The fraction of sp³-hybridized carbons (Fsp3) is 0.310. The number of hydrogen-bond donors (Lipinski definition) is 1. The van der Waals surface area contributed by atoms with Crippen LogP contribution in [-0.4, -0.2) is 43.8 Å². The molecule has 2 amide bonds. The molecule has 3 rings (SSSR count). The van der Waals surface area contributed by atoms with Gasteiger partial charge in [-0.3, -0.25) is 13.9 Å². The van der Waals surface area contributed by atoms with Gasteiger partial charge in [0, 0.05) is 27.7 Å². The van der Waals surface area contributed by atoms with E-state index in [2.05, 4.69) is 5.32 Å². The highest BCUT2D eigenvalue weighted by Crippen LogP contribution is 2.30. The number of sulfonamides is 1. The molecule has 11 heteroatoms. The molecule has 0 unspecified atom stereocenters. The van der Waals surface area contributed by atoms with Crippen molar-refractivity contribution in [1.29, 1.82) is 0 Å². The third kappa shape index (κ3) is 7.69. The van der Waals surface area contributed by atoms with Gasteiger partial charge in [0.1, 0.15) is 12.6 Å². The molecule has 0 radical (unpaired) electrons.